The summed E-state index contributed by atoms with van der Waals surface area (Å²) >= 11 is 2.09. The van der Waals surface area contributed by atoms with E-state index in [9.17, 15) is 0 Å². The van der Waals surface area contributed by atoms with Crippen molar-refractivity contribution >= 4 is 11.8 Å². The lowest BCUT2D eigenvalue weighted by Crippen LogP contribution is -2.28. The quantitative estimate of drug-likeness (QED) is 0.677. The first-order chi connectivity index (χ1) is 4.86. The first-order valence-electron chi connectivity index (χ1n) is 4.24. The van der Waals surface area contributed by atoms with E-state index in [1.54, 1.807) is 0 Å². The van der Waals surface area contributed by atoms with Crippen LogP contribution in [0.15, 0.2) is 0 Å². The van der Waals surface area contributed by atoms with Gasteiger partial charge in [-0.1, -0.05) is 20.3 Å². The van der Waals surface area contributed by atoms with Gasteiger partial charge in [-0.3, -0.25) is 0 Å². The van der Waals surface area contributed by atoms with E-state index in [1.807, 2.05) is 0 Å². The van der Waals surface area contributed by atoms with Gasteiger partial charge in [-0.25, -0.2) is 0 Å². The predicted molar refractivity (Wildman–Crippen MR) is 48.4 cm³/mol. The van der Waals surface area contributed by atoms with E-state index in [-0.39, 0.29) is 0 Å². The Morgan fingerprint density at radius 1 is 1.50 bits per heavy atom. The zero-order valence-electron chi connectivity index (χ0n) is 6.89. The lowest BCUT2D eigenvalue weighted by atomic mass is 10.2. The minimum atomic E-state index is 0.759. The summed E-state index contributed by atoms with van der Waals surface area (Å²) in [5, 5.41) is 4.36. The number of thioether (sulfide) groups is 1. The zero-order chi connectivity index (χ0) is 7.40. The summed E-state index contributed by atoms with van der Waals surface area (Å²) in [6.07, 6.45) is 3.93. The second-order valence-corrected chi connectivity index (χ2v) is 4.12. The average Bonchev–Trinajstić information content (AvgIpc) is 2.37. The summed E-state index contributed by atoms with van der Waals surface area (Å²) in [6.45, 7) is 4.51. The number of nitrogens with one attached hydrogen (secondary N) is 1. The van der Waals surface area contributed by atoms with Crippen LogP contribution < -0.4 is 5.32 Å². The first-order valence-corrected chi connectivity index (χ1v) is 5.29. The van der Waals surface area contributed by atoms with Gasteiger partial charge >= 0.3 is 0 Å². The van der Waals surface area contributed by atoms with Crippen molar-refractivity contribution in [3.8, 4) is 0 Å². The van der Waals surface area contributed by atoms with Gasteiger partial charge in [-0.05, 0) is 12.8 Å². The van der Waals surface area contributed by atoms with Gasteiger partial charge < -0.3 is 5.32 Å². The molecule has 60 valence electrons. The monoisotopic (exact) mass is 159 g/mol. The molecule has 0 aromatic heterocycles. The highest BCUT2D eigenvalue weighted by atomic mass is 32.2. The van der Waals surface area contributed by atoms with Gasteiger partial charge in [-0.2, -0.15) is 0 Å². The van der Waals surface area contributed by atoms with E-state index in [0.717, 1.165) is 11.4 Å². The van der Waals surface area contributed by atoms with Crippen molar-refractivity contribution < 1.29 is 0 Å². The molecule has 2 heteroatoms. The van der Waals surface area contributed by atoms with Crippen LogP contribution in [-0.2, 0) is 0 Å². The number of hydrogen-bond donors (Lipinski definition) is 1. The van der Waals surface area contributed by atoms with Gasteiger partial charge in [0.25, 0.3) is 0 Å². The van der Waals surface area contributed by atoms with Crippen LogP contribution in [0.2, 0.25) is 0 Å². The van der Waals surface area contributed by atoms with Crippen molar-refractivity contribution in [2.75, 3.05) is 5.75 Å². The van der Waals surface area contributed by atoms with Crippen molar-refractivity contribution in [2.24, 2.45) is 0 Å². The van der Waals surface area contributed by atoms with Crippen molar-refractivity contribution in [2.45, 2.75) is 44.5 Å². The van der Waals surface area contributed by atoms with Gasteiger partial charge in [-0.15, -0.1) is 11.8 Å². The van der Waals surface area contributed by atoms with E-state index in [2.05, 4.69) is 30.9 Å². The normalized spacial score (nSPS) is 33.0. The maximum absolute atomic E-state index is 3.60. The fourth-order valence-electron chi connectivity index (χ4n) is 1.26. The Bertz CT molecular complexity index is 95.3. The molecule has 1 aliphatic heterocycles. The first kappa shape index (κ1) is 8.41. The Kier molecular flexibility index (Phi) is 3.57. The number of rotatable bonds is 3. The maximum atomic E-state index is 3.60. The fourth-order valence-corrected chi connectivity index (χ4v) is 2.74. The molecule has 1 N–H and O–H groups in total. The molecule has 2 unspecified atom stereocenters. The van der Waals surface area contributed by atoms with Gasteiger partial charge in [0.05, 0.1) is 5.37 Å². The van der Waals surface area contributed by atoms with E-state index < -0.39 is 0 Å². The van der Waals surface area contributed by atoms with Crippen LogP contribution in [0, 0.1) is 0 Å². The van der Waals surface area contributed by atoms with Gasteiger partial charge in [0, 0.05) is 11.8 Å². The van der Waals surface area contributed by atoms with Crippen LogP contribution in [0.25, 0.3) is 0 Å². The second kappa shape index (κ2) is 4.24. The van der Waals surface area contributed by atoms with E-state index >= 15 is 0 Å². The van der Waals surface area contributed by atoms with Gasteiger partial charge in [0.1, 0.15) is 0 Å². The predicted octanol–water partition coefficient (Wildman–Crippen LogP) is 2.23. The summed E-state index contributed by atoms with van der Waals surface area (Å²) in [5.41, 5.74) is 0. The third-order valence-electron chi connectivity index (χ3n) is 1.96. The summed E-state index contributed by atoms with van der Waals surface area (Å²) in [6, 6.07) is 0.793. The third kappa shape index (κ3) is 2.17. The smallest absolute Gasteiger partial charge is 0.0535 e. The molecule has 0 saturated carbocycles. The molecule has 1 fully saturated rings. The SMILES string of the molecule is CCCC1NC(CC)CS1. The van der Waals surface area contributed by atoms with Crippen molar-refractivity contribution in [3.63, 3.8) is 0 Å². The molecular weight excluding hydrogens is 142 g/mol. The van der Waals surface area contributed by atoms with Gasteiger partial charge in [0.2, 0.25) is 0 Å². The van der Waals surface area contributed by atoms with Crippen LogP contribution in [0.3, 0.4) is 0 Å². The van der Waals surface area contributed by atoms with Crippen molar-refractivity contribution in [1.29, 1.82) is 0 Å². The third-order valence-corrected chi connectivity index (χ3v) is 3.33. The molecule has 0 bridgehead atoms. The molecule has 0 radical (unpaired) electrons. The highest BCUT2D eigenvalue weighted by Crippen LogP contribution is 2.23. The van der Waals surface area contributed by atoms with Crippen molar-refractivity contribution in [1.82, 2.24) is 5.32 Å². The van der Waals surface area contributed by atoms with Crippen LogP contribution in [0.4, 0.5) is 0 Å². The van der Waals surface area contributed by atoms with E-state index in [4.69, 9.17) is 0 Å². The van der Waals surface area contributed by atoms with Crippen LogP contribution in [0.1, 0.15) is 33.1 Å². The minimum Gasteiger partial charge on any atom is -0.302 e. The van der Waals surface area contributed by atoms with Gasteiger partial charge in [0.15, 0.2) is 0 Å². The molecule has 0 amide bonds. The highest BCUT2D eigenvalue weighted by molar-refractivity contribution is 8.00. The molecule has 1 heterocycles. The van der Waals surface area contributed by atoms with Crippen LogP contribution in [-0.4, -0.2) is 17.2 Å². The maximum Gasteiger partial charge on any atom is 0.0535 e. The molecule has 10 heavy (non-hydrogen) atoms. The molecule has 1 nitrogen and oxygen atoms in total. The Labute approximate surface area is 68.0 Å². The minimum absolute atomic E-state index is 0.759. The lowest BCUT2D eigenvalue weighted by Gasteiger charge is -2.09. The largest absolute Gasteiger partial charge is 0.302 e. The molecule has 1 saturated heterocycles. The Hall–Kier alpha value is 0.310. The van der Waals surface area contributed by atoms with Crippen molar-refractivity contribution in [3.05, 3.63) is 0 Å². The number of hydrogen-bond acceptors (Lipinski definition) is 2. The Balaban J connectivity index is 2.15. The summed E-state index contributed by atoms with van der Waals surface area (Å²) in [7, 11) is 0. The summed E-state index contributed by atoms with van der Waals surface area (Å²) < 4.78 is 0. The standard InChI is InChI=1S/C8H17NS/c1-3-5-8-9-7(4-2)6-10-8/h7-9H,3-6H2,1-2H3. The van der Waals surface area contributed by atoms with E-state index in [0.29, 0.717) is 0 Å². The second-order valence-electron chi connectivity index (χ2n) is 2.88. The molecular formula is C8H17NS. The Morgan fingerprint density at radius 3 is 2.80 bits per heavy atom. The molecule has 2 atom stereocenters. The average molecular weight is 159 g/mol. The Morgan fingerprint density at radius 2 is 2.30 bits per heavy atom. The molecule has 0 aliphatic carbocycles. The molecule has 0 aromatic carbocycles. The summed E-state index contributed by atoms with van der Waals surface area (Å²) in [4.78, 5) is 0. The van der Waals surface area contributed by atoms with Crippen LogP contribution >= 0.6 is 11.8 Å². The highest BCUT2D eigenvalue weighted by Gasteiger charge is 2.21. The molecule has 0 aromatic rings. The zero-order valence-corrected chi connectivity index (χ0v) is 7.71. The molecule has 1 rings (SSSR count). The lowest BCUT2D eigenvalue weighted by molar-refractivity contribution is 0.529. The summed E-state index contributed by atoms with van der Waals surface area (Å²) in [5.74, 6) is 1.32. The van der Waals surface area contributed by atoms with Crippen LogP contribution in [0.5, 0.6) is 0 Å². The topological polar surface area (TPSA) is 12.0 Å². The molecule has 1 aliphatic rings. The molecule has 0 spiro atoms. The van der Waals surface area contributed by atoms with E-state index in [1.165, 1.54) is 25.0 Å². The fraction of sp³-hybridized carbons (Fsp3) is 1.00.